The zero-order chi connectivity index (χ0) is 26.4. The summed E-state index contributed by atoms with van der Waals surface area (Å²) in [6, 6.07) is 16.8. The second-order valence-electron chi connectivity index (χ2n) is 8.90. The SMILES string of the molecule is COC(=O)C[C@@H]1C[C@@H](COc2ccc(-c3ccc(C(=N)N)cc3)cc2SC)N(C(=O)c2cccnc2)C1.Cl. The number of nitrogen functional groups attached to an aromatic ring is 1. The number of carbonyl (C=O) groups is 2. The molecule has 3 N–H and O–H groups in total. The number of amidine groups is 1. The fourth-order valence-electron chi connectivity index (χ4n) is 4.54. The van der Waals surface area contributed by atoms with E-state index >= 15 is 0 Å². The highest BCUT2D eigenvalue weighted by molar-refractivity contribution is 7.98. The van der Waals surface area contributed by atoms with Crippen LogP contribution in [0.3, 0.4) is 0 Å². The quantitative estimate of drug-likeness (QED) is 0.171. The van der Waals surface area contributed by atoms with Gasteiger partial charge in [0.05, 0.1) is 25.1 Å². The first kappa shape index (κ1) is 29.0. The van der Waals surface area contributed by atoms with Gasteiger partial charge in [-0.05, 0) is 54.0 Å². The number of methoxy groups -OCH3 is 1. The first-order valence-electron chi connectivity index (χ1n) is 11.9. The van der Waals surface area contributed by atoms with Crippen molar-refractivity contribution in [1.82, 2.24) is 9.88 Å². The maximum absolute atomic E-state index is 13.2. The van der Waals surface area contributed by atoms with Crippen LogP contribution in [0.4, 0.5) is 0 Å². The topological polar surface area (TPSA) is 119 Å². The Labute approximate surface area is 232 Å². The maximum Gasteiger partial charge on any atom is 0.305 e. The summed E-state index contributed by atoms with van der Waals surface area (Å²) in [5, 5.41) is 7.57. The smallest absolute Gasteiger partial charge is 0.305 e. The molecule has 200 valence electrons. The van der Waals surface area contributed by atoms with Crippen LogP contribution < -0.4 is 10.5 Å². The largest absolute Gasteiger partial charge is 0.490 e. The fourth-order valence-corrected chi connectivity index (χ4v) is 5.11. The predicted octanol–water partition coefficient (Wildman–Crippen LogP) is 4.65. The number of benzene rings is 2. The van der Waals surface area contributed by atoms with Crippen molar-refractivity contribution in [2.75, 3.05) is 26.5 Å². The number of likely N-dealkylation sites (tertiary alicyclic amines) is 1. The molecule has 1 aliphatic heterocycles. The summed E-state index contributed by atoms with van der Waals surface area (Å²) in [4.78, 5) is 32.0. The molecule has 38 heavy (non-hydrogen) atoms. The van der Waals surface area contributed by atoms with Crippen molar-refractivity contribution in [3.8, 4) is 16.9 Å². The number of thioether (sulfide) groups is 1. The number of aromatic nitrogens is 1. The van der Waals surface area contributed by atoms with Gasteiger partial charge in [0, 0.05) is 29.4 Å². The lowest BCUT2D eigenvalue weighted by Gasteiger charge is -2.25. The fraction of sp³-hybridized carbons (Fsp3) is 0.286. The number of amides is 1. The van der Waals surface area contributed by atoms with E-state index in [0.717, 1.165) is 21.8 Å². The van der Waals surface area contributed by atoms with Gasteiger partial charge < -0.3 is 20.1 Å². The maximum atomic E-state index is 13.2. The Morgan fingerprint density at radius 1 is 1.13 bits per heavy atom. The number of hydrogen-bond donors (Lipinski definition) is 2. The average molecular weight is 555 g/mol. The summed E-state index contributed by atoms with van der Waals surface area (Å²) in [5.74, 6) is 0.376. The number of halogens is 1. The van der Waals surface area contributed by atoms with Crippen LogP contribution in [-0.4, -0.2) is 60.2 Å². The number of nitrogens with two attached hydrogens (primary N) is 1. The number of pyridine rings is 1. The van der Waals surface area contributed by atoms with Gasteiger partial charge in [-0.3, -0.25) is 20.0 Å². The molecular formula is C28H31ClN4O4S. The van der Waals surface area contributed by atoms with E-state index in [0.29, 0.717) is 30.7 Å². The number of ether oxygens (including phenoxy) is 2. The van der Waals surface area contributed by atoms with E-state index in [-0.39, 0.29) is 48.5 Å². The number of carbonyl (C=O) groups excluding carboxylic acids is 2. The monoisotopic (exact) mass is 554 g/mol. The second-order valence-corrected chi connectivity index (χ2v) is 9.75. The average Bonchev–Trinajstić information content (AvgIpc) is 3.34. The third kappa shape index (κ3) is 6.85. The van der Waals surface area contributed by atoms with Gasteiger partial charge in [-0.2, -0.15) is 0 Å². The van der Waals surface area contributed by atoms with Gasteiger partial charge >= 0.3 is 5.97 Å². The van der Waals surface area contributed by atoms with Gasteiger partial charge in [-0.25, -0.2) is 0 Å². The van der Waals surface area contributed by atoms with Crippen LogP contribution in [0.5, 0.6) is 5.75 Å². The lowest BCUT2D eigenvalue weighted by atomic mass is 10.0. The highest BCUT2D eigenvalue weighted by Gasteiger charge is 2.37. The Bertz CT molecular complexity index is 1270. The van der Waals surface area contributed by atoms with E-state index in [1.54, 1.807) is 41.2 Å². The van der Waals surface area contributed by atoms with Crippen molar-refractivity contribution in [2.45, 2.75) is 23.8 Å². The molecule has 4 rings (SSSR count). The Balaban J connectivity index is 0.00000400. The van der Waals surface area contributed by atoms with Crippen LogP contribution in [0, 0.1) is 11.3 Å². The lowest BCUT2D eigenvalue weighted by molar-refractivity contribution is -0.141. The van der Waals surface area contributed by atoms with Gasteiger partial charge in [0.25, 0.3) is 5.91 Å². The Morgan fingerprint density at radius 2 is 1.87 bits per heavy atom. The van der Waals surface area contributed by atoms with Gasteiger partial charge in [0.15, 0.2) is 0 Å². The van der Waals surface area contributed by atoms with Crippen LogP contribution in [0.25, 0.3) is 11.1 Å². The van der Waals surface area contributed by atoms with E-state index in [1.165, 1.54) is 7.11 Å². The minimum atomic E-state index is -0.281. The van der Waals surface area contributed by atoms with E-state index in [9.17, 15) is 9.59 Å². The molecule has 1 fully saturated rings. The first-order valence-corrected chi connectivity index (χ1v) is 13.2. The molecule has 1 aromatic heterocycles. The molecule has 2 aromatic carbocycles. The molecule has 1 amide bonds. The zero-order valence-corrected chi connectivity index (χ0v) is 22.9. The highest BCUT2D eigenvalue weighted by Crippen LogP contribution is 2.34. The van der Waals surface area contributed by atoms with E-state index < -0.39 is 0 Å². The van der Waals surface area contributed by atoms with Gasteiger partial charge in [-0.15, -0.1) is 24.2 Å². The number of hydrogen-bond acceptors (Lipinski definition) is 7. The molecule has 2 heterocycles. The second kappa shape index (κ2) is 13.3. The zero-order valence-electron chi connectivity index (χ0n) is 21.3. The van der Waals surface area contributed by atoms with Gasteiger partial charge in [-0.1, -0.05) is 30.3 Å². The summed E-state index contributed by atoms with van der Waals surface area (Å²) in [6.45, 7) is 0.769. The molecule has 1 aliphatic rings. The predicted molar refractivity (Wildman–Crippen MR) is 151 cm³/mol. The van der Waals surface area contributed by atoms with Crippen LogP contribution in [0.15, 0.2) is 71.9 Å². The number of rotatable bonds is 9. The molecule has 10 heteroatoms. The van der Waals surface area contributed by atoms with Crippen molar-refractivity contribution in [1.29, 1.82) is 5.41 Å². The Morgan fingerprint density at radius 3 is 2.50 bits per heavy atom. The summed E-state index contributed by atoms with van der Waals surface area (Å²) in [5.41, 5.74) is 8.80. The first-order chi connectivity index (χ1) is 17.9. The highest BCUT2D eigenvalue weighted by atomic mass is 35.5. The van der Waals surface area contributed by atoms with Gasteiger partial charge in [0.1, 0.15) is 18.2 Å². The Kier molecular flexibility index (Phi) is 10.2. The van der Waals surface area contributed by atoms with Crippen LogP contribution in [0.2, 0.25) is 0 Å². The number of nitrogens with zero attached hydrogens (tertiary/aromatic N) is 2. The minimum absolute atomic E-state index is 0. The molecule has 0 unspecified atom stereocenters. The number of nitrogens with one attached hydrogen (secondary N) is 1. The molecule has 3 aromatic rings. The molecule has 0 aliphatic carbocycles. The van der Waals surface area contributed by atoms with Crippen molar-refractivity contribution in [3.05, 3.63) is 78.1 Å². The summed E-state index contributed by atoms with van der Waals surface area (Å²) in [6.07, 6.45) is 6.09. The van der Waals surface area contributed by atoms with Crippen LogP contribution in [0.1, 0.15) is 28.8 Å². The molecule has 2 atom stereocenters. The minimum Gasteiger partial charge on any atom is -0.490 e. The van der Waals surface area contributed by atoms with Crippen molar-refractivity contribution in [2.24, 2.45) is 11.7 Å². The third-order valence-electron chi connectivity index (χ3n) is 6.48. The number of esters is 1. The van der Waals surface area contributed by atoms with Crippen molar-refractivity contribution in [3.63, 3.8) is 0 Å². The molecule has 0 spiro atoms. The van der Waals surface area contributed by atoms with E-state index in [2.05, 4.69) is 11.1 Å². The third-order valence-corrected chi connectivity index (χ3v) is 7.24. The van der Waals surface area contributed by atoms with E-state index in [4.69, 9.17) is 20.6 Å². The molecular weight excluding hydrogens is 524 g/mol. The Hall–Kier alpha value is -3.56. The normalized spacial score (nSPS) is 16.4. The molecule has 0 radical (unpaired) electrons. The molecule has 8 nitrogen and oxygen atoms in total. The molecule has 1 saturated heterocycles. The summed E-state index contributed by atoms with van der Waals surface area (Å²) < 4.78 is 11.1. The molecule has 0 bridgehead atoms. The summed E-state index contributed by atoms with van der Waals surface area (Å²) in [7, 11) is 1.38. The van der Waals surface area contributed by atoms with Gasteiger partial charge in [0.2, 0.25) is 0 Å². The van der Waals surface area contributed by atoms with Crippen LogP contribution >= 0.6 is 24.2 Å². The summed E-state index contributed by atoms with van der Waals surface area (Å²) >= 11 is 1.58. The van der Waals surface area contributed by atoms with Crippen molar-refractivity contribution >= 4 is 41.9 Å². The van der Waals surface area contributed by atoms with E-state index in [1.807, 2.05) is 42.7 Å². The van der Waals surface area contributed by atoms with Crippen molar-refractivity contribution < 1.29 is 19.1 Å². The standard InChI is InChI=1S/C28H30N4O4S.ClH/c1-35-26(33)13-18-12-23(32(16-18)28(34)22-4-3-11-31-15-22)17-36-24-10-9-21(14-25(24)37-2)19-5-7-20(8-6-19)27(29)30;/h3-11,14-15,18,23H,12-13,16-17H2,1-2H3,(H3,29,30);1H/t18-,23-;/m0./s1. The molecule has 0 saturated carbocycles. The lowest BCUT2D eigenvalue weighted by Crippen LogP contribution is -2.39. The van der Waals surface area contributed by atoms with Crippen LogP contribution in [-0.2, 0) is 9.53 Å².